The van der Waals surface area contributed by atoms with E-state index in [2.05, 4.69) is 15.4 Å². The first-order valence-electron chi connectivity index (χ1n) is 11.9. The van der Waals surface area contributed by atoms with Gasteiger partial charge in [0.1, 0.15) is 16.4 Å². The van der Waals surface area contributed by atoms with Crippen LogP contribution >= 0.6 is 0 Å². The third-order valence-corrected chi connectivity index (χ3v) is 7.16. The van der Waals surface area contributed by atoms with Gasteiger partial charge in [0.05, 0.1) is 13.2 Å². The van der Waals surface area contributed by atoms with E-state index in [9.17, 15) is 18.0 Å². The van der Waals surface area contributed by atoms with Gasteiger partial charge in [-0.1, -0.05) is 12.8 Å². The van der Waals surface area contributed by atoms with E-state index in [1.165, 1.54) is 6.07 Å². The summed E-state index contributed by atoms with van der Waals surface area (Å²) in [5, 5.41) is 5.58. The Morgan fingerprint density at radius 1 is 0.943 bits per heavy atom. The SMILES string of the molecule is CCOc1ccc(S(=O)(=O)NCCNC(=O)c2ccc(NC(=O)C3CCCC3)cc2)c(OCC)c1. The average molecular weight is 504 g/mol. The third kappa shape index (κ3) is 7.43. The Labute approximate surface area is 206 Å². The molecule has 0 spiro atoms. The van der Waals surface area contributed by atoms with Crippen LogP contribution in [0.3, 0.4) is 0 Å². The van der Waals surface area contributed by atoms with Crippen molar-refractivity contribution in [3.8, 4) is 11.5 Å². The Morgan fingerprint density at radius 3 is 2.29 bits per heavy atom. The standard InChI is InChI=1S/C25H33N3O6S/c1-3-33-21-13-14-23(22(17-21)34-4-2)35(31,32)27-16-15-26-24(29)19-9-11-20(12-10-19)28-25(30)18-7-5-6-8-18/h9-14,17-18,27H,3-8,15-16H2,1-2H3,(H,26,29)(H,28,30). The fraction of sp³-hybridized carbons (Fsp3) is 0.440. The number of nitrogens with one attached hydrogen (secondary N) is 3. The predicted octanol–water partition coefficient (Wildman–Crippen LogP) is 3.32. The van der Waals surface area contributed by atoms with Crippen LogP contribution < -0.4 is 24.8 Å². The number of sulfonamides is 1. The van der Waals surface area contributed by atoms with Crippen LogP contribution in [0, 0.1) is 5.92 Å². The molecule has 9 nitrogen and oxygen atoms in total. The van der Waals surface area contributed by atoms with Crippen molar-refractivity contribution < 1.29 is 27.5 Å². The minimum Gasteiger partial charge on any atom is -0.494 e. The van der Waals surface area contributed by atoms with Gasteiger partial charge < -0.3 is 20.1 Å². The van der Waals surface area contributed by atoms with Crippen LogP contribution in [0.5, 0.6) is 11.5 Å². The van der Waals surface area contributed by atoms with Crippen LogP contribution in [0.4, 0.5) is 5.69 Å². The Hall–Kier alpha value is -3.11. The maximum atomic E-state index is 12.8. The lowest BCUT2D eigenvalue weighted by atomic mass is 10.1. The second-order valence-electron chi connectivity index (χ2n) is 8.18. The van der Waals surface area contributed by atoms with E-state index in [4.69, 9.17) is 9.47 Å². The monoisotopic (exact) mass is 503 g/mol. The number of ether oxygens (including phenoxy) is 2. The molecule has 0 bridgehead atoms. The van der Waals surface area contributed by atoms with E-state index in [-0.39, 0.29) is 41.5 Å². The van der Waals surface area contributed by atoms with Crippen molar-refractivity contribution in [2.45, 2.75) is 44.4 Å². The van der Waals surface area contributed by atoms with Crippen molar-refractivity contribution in [3.63, 3.8) is 0 Å². The van der Waals surface area contributed by atoms with Gasteiger partial charge in [-0.25, -0.2) is 13.1 Å². The lowest BCUT2D eigenvalue weighted by Crippen LogP contribution is -2.34. The number of hydrogen-bond acceptors (Lipinski definition) is 6. The molecule has 2 aromatic rings. The van der Waals surface area contributed by atoms with Crippen molar-refractivity contribution >= 4 is 27.5 Å². The summed E-state index contributed by atoms with van der Waals surface area (Å²) in [7, 11) is -3.85. The molecule has 0 aromatic heterocycles. The lowest BCUT2D eigenvalue weighted by Gasteiger charge is -2.14. The molecule has 190 valence electrons. The zero-order valence-electron chi connectivity index (χ0n) is 20.1. The van der Waals surface area contributed by atoms with Gasteiger partial charge in [-0.15, -0.1) is 0 Å². The summed E-state index contributed by atoms with van der Waals surface area (Å²) in [6.45, 7) is 4.46. The van der Waals surface area contributed by atoms with Gasteiger partial charge in [-0.05, 0) is 63.1 Å². The molecule has 0 radical (unpaired) electrons. The van der Waals surface area contributed by atoms with Crippen molar-refractivity contribution in [2.24, 2.45) is 5.92 Å². The molecular formula is C25H33N3O6S. The van der Waals surface area contributed by atoms with E-state index < -0.39 is 10.0 Å². The van der Waals surface area contributed by atoms with E-state index in [0.29, 0.717) is 30.2 Å². The van der Waals surface area contributed by atoms with Crippen LogP contribution in [-0.4, -0.2) is 46.5 Å². The Morgan fingerprint density at radius 2 is 1.63 bits per heavy atom. The molecule has 2 aromatic carbocycles. The maximum Gasteiger partial charge on any atom is 0.251 e. The number of benzene rings is 2. The molecule has 1 aliphatic carbocycles. The third-order valence-electron chi connectivity index (χ3n) is 5.66. The number of hydrogen-bond donors (Lipinski definition) is 3. The van der Waals surface area contributed by atoms with E-state index in [1.54, 1.807) is 43.3 Å². The molecule has 1 fully saturated rings. The largest absolute Gasteiger partial charge is 0.494 e. The fourth-order valence-electron chi connectivity index (χ4n) is 3.91. The Balaban J connectivity index is 1.50. The summed E-state index contributed by atoms with van der Waals surface area (Å²) in [6, 6.07) is 11.2. The number of carbonyl (C=O) groups is 2. The van der Waals surface area contributed by atoms with Gasteiger partial charge in [-0.3, -0.25) is 9.59 Å². The first-order chi connectivity index (χ1) is 16.8. The highest BCUT2D eigenvalue weighted by Crippen LogP contribution is 2.29. The molecule has 1 aliphatic rings. The summed E-state index contributed by atoms with van der Waals surface area (Å²) >= 11 is 0. The molecule has 0 aliphatic heterocycles. The Bertz CT molecular complexity index is 1110. The Kier molecular flexibility index (Phi) is 9.50. The number of amides is 2. The van der Waals surface area contributed by atoms with E-state index in [0.717, 1.165) is 25.7 Å². The summed E-state index contributed by atoms with van der Waals surface area (Å²) in [5.74, 6) is 0.469. The molecule has 0 unspecified atom stereocenters. The minimum absolute atomic E-state index is 0.00236. The first kappa shape index (κ1) is 26.5. The highest BCUT2D eigenvalue weighted by molar-refractivity contribution is 7.89. The van der Waals surface area contributed by atoms with Crippen LogP contribution in [0.1, 0.15) is 49.9 Å². The molecule has 3 rings (SSSR count). The van der Waals surface area contributed by atoms with E-state index >= 15 is 0 Å². The minimum atomic E-state index is -3.85. The summed E-state index contributed by atoms with van der Waals surface area (Å²) in [5.41, 5.74) is 1.06. The predicted molar refractivity (Wildman–Crippen MR) is 133 cm³/mol. The van der Waals surface area contributed by atoms with Crippen molar-refractivity contribution in [2.75, 3.05) is 31.6 Å². The zero-order chi connectivity index (χ0) is 25.3. The van der Waals surface area contributed by atoms with Gasteiger partial charge >= 0.3 is 0 Å². The van der Waals surface area contributed by atoms with Gasteiger partial charge in [0.15, 0.2) is 0 Å². The lowest BCUT2D eigenvalue weighted by molar-refractivity contribution is -0.119. The summed E-state index contributed by atoms with van der Waals surface area (Å²) in [4.78, 5) is 24.6. The topological polar surface area (TPSA) is 123 Å². The highest BCUT2D eigenvalue weighted by Gasteiger charge is 2.23. The van der Waals surface area contributed by atoms with Gasteiger partial charge in [-0.2, -0.15) is 0 Å². The average Bonchev–Trinajstić information content (AvgIpc) is 3.38. The van der Waals surface area contributed by atoms with Crippen LogP contribution in [0.25, 0.3) is 0 Å². The maximum absolute atomic E-state index is 12.8. The second kappa shape index (κ2) is 12.6. The van der Waals surface area contributed by atoms with Crippen molar-refractivity contribution in [1.82, 2.24) is 10.0 Å². The molecule has 0 heterocycles. The molecule has 35 heavy (non-hydrogen) atoms. The van der Waals surface area contributed by atoms with Gasteiger partial charge in [0, 0.05) is 36.3 Å². The molecular weight excluding hydrogens is 470 g/mol. The van der Waals surface area contributed by atoms with Crippen LogP contribution in [-0.2, 0) is 14.8 Å². The fourth-order valence-corrected chi connectivity index (χ4v) is 5.07. The molecule has 10 heteroatoms. The number of carbonyl (C=O) groups excluding carboxylic acids is 2. The normalized spacial score (nSPS) is 13.9. The molecule has 3 N–H and O–H groups in total. The smallest absolute Gasteiger partial charge is 0.251 e. The second-order valence-corrected chi connectivity index (χ2v) is 9.91. The van der Waals surface area contributed by atoms with Crippen LogP contribution in [0.2, 0.25) is 0 Å². The highest BCUT2D eigenvalue weighted by atomic mass is 32.2. The molecule has 0 atom stereocenters. The molecule has 0 saturated heterocycles. The van der Waals surface area contributed by atoms with Gasteiger partial charge in [0.25, 0.3) is 5.91 Å². The van der Waals surface area contributed by atoms with E-state index in [1.807, 2.05) is 6.92 Å². The zero-order valence-corrected chi connectivity index (χ0v) is 20.9. The first-order valence-corrected chi connectivity index (χ1v) is 13.4. The van der Waals surface area contributed by atoms with Crippen molar-refractivity contribution in [1.29, 1.82) is 0 Å². The quantitative estimate of drug-likeness (QED) is 0.382. The number of rotatable bonds is 12. The number of anilines is 1. The van der Waals surface area contributed by atoms with Crippen LogP contribution in [0.15, 0.2) is 47.4 Å². The molecule has 1 saturated carbocycles. The molecule has 2 amide bonds. The van der Waals surface area contributed by atoms with Crippen molar-refractivity contribution in [3.05, 3.63) is 48.0 Å². The summed E-state index contributed by atoms with van der Waals surface area (Å²) in [6.07, 6.45) is 4.01. The van der Waals surface area contributed by atoms with Gasteiger partial charge in [0.2, 0.25) is 15.9 Å². The summed E-state index contributed by atoms with van der Waals surface area (Å²) < 4.78 is 38.9.